The van der Waals surface area contributed by atoms with Crippen molar-refractivity contribution < 1.29 is 4.74 Å². The van der Waals surface area contributed by atoms with Crippen LogP contribution in [0.25, 0.3) is 0 Å². The van der Waals surface area contributed by atoms with Gasteiger partial charge in [0.2, 0.25) is 0 Å². The lowest BCUT2D eigenvalue weighted by molar-refractivity contribution is 0.190. The summed E-state index contributed by atoms with van der Waals surface area (Å²) >= 11 is 6.35. The van der Waals surface area contributed by atoms with Gasteiger partial charge < -0.3 is 10.5 Å². The number of aryl methyl sites for hydroxylation is 2. The topological polar surface area (TPSA) is 53.1 Å². The summed E-state index contributed by atoms with van der Waals surface area (Å²) in [5.41, 5.74) is 8.17. The molecule has 1 aromatic rings. The van der Waals surface area contributed by atoms with Gasteiger partial charge in [-0.15, -0.1) is 0 Å². The standard InChI is InChI=1S/C13H24ClN3O/c1-4-11-13(14)12(17(5-2)16-11)9-10(15)7-6-8-18-3/h10H,4-9,15H2,1-3H3. The van der Waals surface area contributed by atoms with Gasteiger partial charge in [0, 0.05) is 32.7 Å². The Balaban J connectivity index is 2.67. The summed E-state index contributed by atoms with van der Waals surface area (Å²) in [6.07, 6.45) is 3.57. The first-order valence-electron chi connectivity index (χ1n) is 6.62. The zero-order chi connectivity index (χ0) is 13.5. The Bertz CT molecular complexity index is 365. The van der Waals surface area contributed by atoms with Crippen LogP contribution in [0.2, 0.25) is 5.02 Å². The lowest BCUT2D eigenvalue weighted by Crippen LogP contribution is -2.25. The third kappa shape index (κ3) is 3.97. The molecule has 18 heavy (non-hydrogen) atoms. The Morgan fingerprint density at radius 2 is 2.17 bits per heavy atom. The monoisotopic (exact) mass is 273 g/mol. The normalized spacial score (nSPS) is 12.9. The van der Waals surface area contributed by atoms with E-state index in [2.05, 4.69) is 18.9 Å². The fourth-order valence-corrected chi connectivity index (χ4v) is 2.40. The molecule has 1 heterocycles. The Morgan fingerprint density at radius 1 is 1.44 bits per heavy atom. The molecule has 0 aliphatic carbocycles. The number of aromatic nitrogens is 2. The number of ether oxygens (including phenoxy) is 1. The molecule has 0 aliphatic rings. The smallest absolute Gasteiger partial charge is 0.0850 e. The molecule has 1 aromatic heterocycles. The summed E-state index contributed by atoms with van der Waals surface area (Å²) in [7, 11) is 1.71. The number of nitrogens with zero attached hydrogens (tertiary/aromatic N) is 2. The van der Waals surface area contributed by atoms with Crippen LogP contribution in [-0.2, 0) is 24.1 Å². The maximum Gasteiger partial charge on any atom is 0.0850 e. The highest BCUT2D eigenvalue weighted by Gasteiger charge is 2.16. The van der Waals surface area contributed by atoms with Crippen LogP contribution in [0, 0.1) is 0 Å². The molecule has 1 atom stereocenters. The molecule has 1 rings (SSSR count). The van der Waals surface area contributed by atoms with Crippen LogP contribution in [-0.4, -0.2) is 29.5 Å². The zero-order valence-electron chi connectivity index (χ0n) is 11.6. The van der Waals surface area contributed by atoms with Crippen LogP contribution in [0.3, 0.4) is 0 Å². The summed E-state index contributed by atoms with van der Waals surface area (Å²) in [5, 5.41) is 5.29. The van der Waals surface area contributed by atoms with Gasteiger partial charge in [0.15, 0.2) is 0 Å². The Morgan fingerprint density at radius 3 is 2.72 bits per heavy atom. The van der Waals surface area contributed by atoms with Gasteiger partial charge in [0.25, 0.3) is 0 Å². The number of hydrogen-bond donors (Lipinski definition) is 1. The van der Waals surface area contributed by atoms with Gasteiger partial charge in [-0.05, 0) is 26.2 Å². The van der Waals surface area contributed by atoms with Crippen LogP contribution < -0.4 is 5.73 Å². The van der Waals surface area contributed by atoms with Gasteiger partial charge in [-0.25, -0.2) is 0 Å². The third-order valence-electron chi connectivity index (χ3n) is 3.07. The first-order chi connectivity index (χ1) is 8.63. The molecule has 0 spiro atoms. The first kappa shape index (κ1) is 15.5. The highest BCUT2D eigenvalue weighted by atomic mass is 35.5. The number of rotatable bonds is 8. The summed E-state index contributed by atoms with van der Waals surface area (Å²) in [6.45, 7) is 5.73. The molecule has 104 valence electrons. The second-order valence-electron chi connectivity index (χ2n) is 4.48. The molecule has 5 heteroatoms. The molecule has 0 aromatic carbocycles. The molecule has 2 N–H and O–H groups in total. The van der Waals surface area contributed by atoms with Crippen LogP contribution in [0.1, 0.15) is 38.1 Å². The van der Waals surface area contributed by atoms with Crippen molar-refractivity contribution in [1.82, 2.24) is 9.78 Å². The fraction of sp³-hybridized carbons (Fsp3) is 0.769. The number of nitrogens with two attached hydrogens (primary N) is 1. The second-order valence-corrected chi connectivity index (χ2v) is 4.85. The summed E-state index contributed by atoms with van der Waals surface area (Å²) in [4.78, 5) is 0. The Labute approximate surface area is 114 Å². The predicted molar refractivity (Wildman–Crippen MR) is 75.1 cm³/mol. The van der Waals surface area contributed by atoms with E-state index in [4.69, 9.17) is 22.1 Å². The molecule has 0 saturated carbocycles. The lowest BCUT2D eigenvalue weighted by atomic mass is 10.1. The molecular formula is C13H24ClN3O. The third-order valence-corrected chi connectivity index (χ3v) is 3.51. The molecular weight excluding hydrogens is 250 g/mol. The minimum absolute atomic E-state index is 0.115. The fourth-order valence-electron chi connectivity index (χ4n) is 2.05. The van der Waals surface area contributed by atoms with Gasteiger partial charge >= 0.3 is 0 Å². The van der Waals surface area contributed by atoms with Crippen LogP contribution in [0.15, 0.2) is 0 Å². The predicted octanol–water partition coefficient (Wildman–Crippen LogP) is 2.42. The summed E-state index contributed by atoms with van der Waals surface area (Å²) in [5.74, 6) is 0. The lowest BCUT2D eigenvalue weighted by Gasteiger charge is -2.12. The van der Waals surface area contributed by atoms with Crippen molar-refractivity contribution in [1.29, 1.82) is 0 Å². The average Bonchev–Trinajstić information content (AvgIpc) is 2.66. The maximum atomic E-state index is 6.35. The quantitative estimate of drug-likeness (QED) is 0.740. The molecule has 4 nitrogen and oxygen atoms in total. The zero-order valence-corrected chi connectivity index (χ0v) is 12.3. The maximum absolute atomic E-state index is 6.35. The van der Waals surface area contributed by atoms with Crippen molar-refractivity contribution in [3.63, 3.8) is 0 Å². The van der Waals surface area contributed by atoms with Crippen LogP contribution >= 0.6 is 11.6 Å². The van der Waals surface area contributed by atoms with Gasteiger partial charge in [0.1, 0.15) is 0 Å². The van der Waals surface area contributed by atoms with E-state index in [-0.39, 0.29) is 6.04 Å². The molecule has 0 saturated heterocycles. The highest BCUT2D eigenvalue weighted by Crippen LogP contribution is 2.23. The van der Waals surface area contributed by atoms with E-state index in [1.165, 1.54) is 0 Å². The number of methoxy groups -OCH3 is 1. The second kappa shape index (κ2) is 7.77. The molecule has 0 fully saturated rings. The molecule has 0 bridgehead atoms. The van der Waals surface area contributed by atoms with Gasteiger partial charge in [0.05, 0.1) is 16.4 Å². The van der Waals surface area contributed by atoms with Gasteiger partial charge in [-0.2, -0.15) is 5.10 Å². The van der Waals surface area contributed by atoms with Gasteiger partial charge in [-0.1, -0.05) is 18.5 Å². The van der Waals surface area contributed by atoms with Gasteiger partial charge in [-0.3, -0.25) is 4.68 Å². The van der Waals surface area contributed by atoms with Crippen molar-refractivity contribution in [3.05, 3.63) is 16.4 Å². The number of halogens is 1. The Kier molecular flexibility index (Phi) is 6.68. The molecule has 1 unspecified atom stereocenters. The van der Waals surface area contributed by atoms with Crippen molar-refractivity contribution in [2.45, 2.75) is 52.1 Å². The van der Waals surface area contributed by atoms with E-state index in [0.717, 1.165) is 55.2 Å². The average molecular weight is 274 g/mol. The molecule has 0 radical (unpaired) electrons. The van der Waals surface area contributed by atoms with E-state index in [9.17, 15) is 0 Å². The largest absolute Gasteiger partial charge is 0.385 e. The Hall–Kier alpha value is -0.580. The summed E-state index contributed by atoms with van der Waals surface area (Å²) in [6, 6.07) is 0.115. The molecule has 0 amide bonds. The van der Waals surface area contributed by atoms with E-state index in [1.807, 2.05) is 4.68 Å². The van der Waals surface area contributed by atoms with Crippen molar-refractivity contribution in [2.75, 3.05) is 13.7 Å². The minimum atomic E-state index is 0.115. The SMILES string of the molecule is CCc1nn(CC)c(CC(N)CCCOC)c1Cl. The van der Waals surface area contributed by atoms with E-state index in [0.29, 0.717) is 0 Å². The summed E-state index contributed by atoms with van der Waals surface area (Å²) < 4.78 is 7.00. The van der Waals surface area contributed by atoms with Crippen LogP contribution in [0.4, 0.5) is 0 Å². The van der Waals surface area contributed by atoms with Crippen molar-refractivity contribution in [3.8, 4) is 0 Å². The van der Waals surface area contributed by atoms with E-state index >= 15 is 0 Å². The van der Waals surface area contributed by atoms with Crippen LogP contribution in [0.5, 0.6) is 0 Å². The minimum Gasteiger partial charge on any atom is -0.385 e. The first-order valence-corrected chi connectivity index (χ1v) is 7.00. The van der Waals surface area contributed by atoms with E-state index < -0.39 is 0 Å². The van der Waals surface area contributed by atoms with E-state index in [1.54, 1.807) is 7.11 Å². The highest BCUT2D eigenvalue weighted by molar-refractivity contribution is 6.31. The molecule has 0 aliphatic heterocycles. The van der Waals surface area contributed by atoms with Crippen molar-refractivity contribution in [2.24, 2.45) is 5.73 Å². The number of hydrogen-bond acceptors (Lipinski definition) is 3. The van der Waals surface area contributed by atoms with Crippen molar-refractivity contribution >= 4 is 11.6 Å².